The zero-order valence-electron chi connectivity index (χ0n) is 13.4. The van der Waals surface area contributed by atoms with Crippen molar-refractivity contribution in [3.8, 4) is 5.75 Å². The highest BCUT2D eigenvalue weighted by atomic mass is 35.5. The largest absolute Gasteiger partial charge is 0.491 e. The van der Waals surface area contributed by atoms with Gasteiger partial charge in [-0.1, -0.05) is 13.3 Å². The maximum atomic E-state index is 12.3. The molecule has 0 bridgehead atoms. The number of benzene rings is 1. The van der Waals surface area contributed by atoms with E-state index in [4.69, 9.17) is 10.5 Å². The molecule has 3 unspecified atom stereocenters. The fourth-order valence-corrected chi connectivity index (χ4v) is 2.76. The van der Waals surface area contributed by atoms with E-state index in [0.29, 0.717) is 18.0 Å². The number of halogens is 1. The van der Waals surface area contributed by atoms with Crippen LogP contribution in [-0.4, -0.2) is 24.6 Å². The van der Waals surface area contributed by atoms with Crippen LogP contribution in [0.1, 0.15) is 49.9 Å². The zero-order chi connectivity index (χ0) is 15.2. The number of hydrogen-bond donors (Lipinski definition) is 2. The number of nitrogens with one attached hydrogen (secondary N) is 1. The molecule has 5 heteroatoms. The molecule has 0 radical (unpaired) electrons. The highest BCUT2D eigenvalue weighted by Crippen LogP contribution is 2.25. The fourth-order valence-electron chi connectivity index (χ4n) is 2.76. The van der Waals surface area contributed by atoms with Crippen LogP contribution in [0, 0.1) is 5.92 Å². The summed E-state index contributed by atoms with van der Waals surface area (Å²) < 4.78 is 5.72. The second-order valence-electron chi connectivity index (χ2n) is 5.87. The molecular weight excluding hydrogens is 300 g/mol. The SMILES string of the molecule is CCC(C)Oc1ccc(C(=O)NC2CCCC2CN)cc1.Cl. The van der Waals surface area contributed by atoms with Crippen LogP contribution < -0.4 is 15.8 Å². The highest BCUT2D eigenvalue weighted by Gasteiger charge is 2.27. The number of hydrogen-bond acceptors (Lipinski definition) is 3. The van der Waals surface area contributed by atoms with Crippen LogP contribution in [0.4, 0.5) is 0 Å². The Labute approximate surface area is 139 Å². The summed E-state index contributed by atoms with van der Waals surface area (Å²) in [6.45, 7) is 4.77. The molecule has 1 aliphatic carbocycles. The average molecular weight is 327 g/mol. The molecule has 4 nitrogen and oxygen atoms in total. The minimum Gasteiger partial charge on any atom is -0.491 e. The van der Waals surface area contributed by atoms with E-state index in [1.54, 1.807) is 0 Å². The number of amides is 1. The van der Waals surface area contributed by atoms with Gasteiger partial charge in [-0.3, -0.25) is 4.79 Å². The molecule has 124 valence electrons. The molecule has 22 heavy (non-hydrogen) atoms. The van der Waals surface area contributed by atoms with Gasteiger partial charge in [-0.15, -0.1) is 12.4 Å². The smallest absolute Gasteiger partial charge is 0.251 e. The predicted molar refractivity (Wildman–Crippen MR) is 91.7 cm³/mol. The first-order valence-corrected chi connectivity index (χ1v) is 7.91. The minimum absolute atomic E-state index is 0. The van der Waals surface area contributed by atoms with Gasteiger partial charge in [-0.05, 0) is 62.9 Å². The van der Waals surface area contributed by atoms with E-state index in [-0.39, 0.29) is 30.5 Å². The van der Waals surface area contributed by atoms with Crippen molar-refractivity contribution >= 4 is 18.3 Å². The maximum absolute atomic E-state index is 12.3. The van der Waals surface area contributed by atoms with E-state index in [1.807, 2.05) is 31.2 Å². The summed E-state index contributed by atoms with van der Waals surface area (Å²) in [4.78, 5) is 12.3. The van der Waals surface area contributed by atoms with Gasteiger partial charge in [0.25, 0.3) is 5.91 Å². The molecule has 1 amide bonds. The van der Waals surface area contributed by atoms with Crippen LogP contribution in [0.25, 0.3) is 0 Å². The van der Waals surface area contributed by atoms with E-state index < -0.39 is 0 Å². The lowest BCUT2D eigenvalue weighted by Crippen LogP contribution is -2.39. The molecule has 1 aliphatic rings. The van der Waals surface area contributed by atoms with Crippen molar-refractivity contribution in [2.24, 2.45) is 11.7 Å². The summed E-state index contributed by atoms with van der Waals surface area (Å²) in [5, 5.41) is 3.11. The lowest BCUT2D eigenvalue weighted by molar-refractivity contribution is 0.0928. The number of rotatable bonds is 6. The standard InChI is InChI=1S/C17H26N2O2.ClH/c1-3-12(2)21-15-9-7-13(8-10-15)17(20)19-16-6-4-5-14(16)11-18;/h7-10,12,14,16H,3-6,11,18H2,1-2H3,(H,19,20);1H. The molecule has 1 aromatic carbocycles. The number of carbonyl (C=O) groups is 1. The van der Waals surface area contributed by atoms with Crippen molar-refractivity contribution < 1.29 is 9.53 Å². The summed E-state index contributed by atoms with van der Waals surface area (Å²) in [6.07, 6.45) is 4.44. The Balaban J connectivity index is 0.00000242. The van der Waals surface area contributed by atoms with Crippen molar-refractivity contribution in [3.05, 3.63) is 29.8 Å². The topological polar surface area (TPSA) is 64.3 Å². The first kappa shape index (κ1) is 18.8. The van der Waals surface area contributed by atoms with Gasteiger partial charge >= 0.3 is 0 Å². The van der Waals surface area contributed by atoms with Gasteiger partial charge in [-0.25, -0.2) is 0 Å². The second kappa shape index (κ2) is 9.01. The summed E-state index contributed by atoms with van der Waals surface area (Å²) in [7, 11) is 0. The summed E-state index contributed by atoms with van der Waals surface area (Å²) in [6, 6.07) is 7.57. The molecule has 1 saturated carbocycles. The van der Waals surface area contributed by atoms with E-state index in [0.717, 1.165) is 31.4 Å². The molecular formula is C17H27ClN2O2. The Morgan fingerprint density at radius 3 is 2.64 bits per heavy atom. The van der Waals surface area contributed by atoms with Crippen LogP contribution in [0.5, 0.6) is 5.75 Å². The number of carbonyl (C=O) groups excluding carboxylic acids is 1. The van der Waals surface area contributed by atoms with E-state index in [9.17, 15) is 4.79 Å². The molecule has 0 saturated heterocycles. The zero-order valence-corrected chi connectivity index (χ0v) is 14.2. The van der Waals surface area contributed by atoms with Crippen molar-refractivity contribution in [1.29, 1.82) is 0 Å². The Hall–Kier alpha value is -1.26. The Kier molecular flexibility index (Phi) is 7.69. The summed E-state index contributed by atoms with van der Waals surface area (Å²) in [5.41, 5.74) is 6.43. The lowest BCUT2D eigenvalue weighted by Gasteiger charge is -2.19. The van der Waals surface area contributed by atoms with Gasteiger partial charge in [0.1, 0.15) is 5.75 Å². The molecule has 1 fully saturated rings. The van der Waals surface area contributed by atoms with E-state index in [2.05, 4.69) is 12.2 Å². The van der Waals surface area contributed by atoms with Gasteiger partial charge in [0.05, 0.1) is 6.10 Å². The minimum atomic E-state index is -0.0181. The molecule has 0 heterocycles. The van der Waals surface area contributed by atoms with Gasteiger partial charge in [0.2, 0.25) is 0 Å². The lowest BCUT2D eigenvalue weighted by atomic mass is 10.0. The third kappa shape index (κ3) is 4.89. The summed E-state index contributed by atoms with van der Waals surface area (Å²) >= 11 is 0. The van der Waals surface area contributed by atoms with E-state index >= 15 is 0 Å². The third-order valence-electron chi connectivity index (χ3n) is 4.31. The van der Waals surface area contributed by atoms with Gasteiger partial charge in [-0.2, -0.15) is 0 Å². The van der Waals surface area contributed by atoms with Crippen LogP contribution in [0.2, 0.25) is 0 Å². The van der Waals surface area contributed by atoms with Crippen molar-refractivity contribution in [2.75, 3.05) is 6.54 Å². The van der Waals surface area contributed by atoms with Crippen molar-refractivity contribution in [1.82, 2.24) is 5.32 Å². The maximum Gasteiger partial charge on any atom is 0.251 e. The number of nitrogens with two attached hydrogens (primary N) is 1. The first-order chi connectivity index (χ1) is 10.1. The molecule has 1 aromatic rings. The van der Waals surface area contributed by atoms with Crippen LogP contribution in [-0.2, 0) is 0 Å². The van der Waals surface area contributed by atoms with Crippen LogP contribution in [0.3, 0.4) is 0 Å². The summed E-state index contributed by atoms with van der Waals surface area (Å²) in [5.74, 6) is 1.21. The Bertz CT molecular complexity index is 464. The molecule has 0 aliphatic heterocycles. The molecule has 3 N–H and O–H groups in total. The molecule has 0 aromatic heterocycles. The fraction of sp³-hybridized carbons (Fsp3) is 0.588. The Morgan fingerprint density at radius 2 is 2.05 bits per heavy atom. The van der Waals surface area contributed by atoms with Crippen LogP contribution in [0.15, 0.2) is 24.3 Å². The van der Waals surface area contributed by atoms with Crippen molar-refractivity contribution in [3.63, 3.8) is 0 Å². The average Bonchev–Trinajstić information content (AvgIpc) is 2.95. The second-order valence-corrected chi connectivity index (χ2v) is 5.87. The Morgan fingerprint density at radius 1 is 1.36 bits per heavy atom. The normalized spacial score (nSPS) is 21.8. The third-order valence-corrected chi connectivity index (χ3v) is 4.31. The van der Waals surface area contributed by atoms with Crippen molar-refractivity contribution in [2.45, 2.75) is 51.7 Å². The first-order valence-electron chi connectivity index (χ1n) is 7.91. The highest BCUT2D eigenvalue weighted by molar-refractivity contribution is 5.94. The van der Waals surface area contributed by atoms with Gasteiger partial charge in [0, 0.05) is 11.6 Å². The molecule has 2 rings (SSSR count). The predicted octanol–water partition coefficient (Wildman–Crippen LogP) is 3.14. The van der Waals surface area contributed by atoms with Gasteiger partial charge < -0.3 is 15.8 Å². The van der Waals surface area contributed by atoms with Gasteiger partial charge in [0.15, 0.2) is 0 Å². The quantitative estimate of drug-likeness (QED) is 0.844. The molecule has 3 atom stereocenters. The van der Waals surface area contributed by atoms with Crippen LogP contribution >= 0.6 is 12.4 Å². The van der Waals surface area contributed by atoms with E-state index in [1.165, 1.54) is 0 Å². The molecule has 0 spiro atoms. The monoisotopic (exact) mass is 326 g/mol. The number of ether oxygens (including phenoxy) is 1.